The molecule has 0 atom stereocenters. The fourth-order valence-corrected chi connectivity index (χ4v) is 2.68. The number of carbonyl (C=O) groups is 1. The number of nitrogen functional groups attached to an aromatic ring is 1. The molecule has 0 radical (unpaired) electrons. The van der Waals surface area contributed by atoms with Crippen molar-refractivity contribution in [2.24, 2.45) is 0 Å². The van der Waals surface area contributed by atoms with Crippen LogP contribution in [0.15, 0.2) is 24.3 Å². The molecule has 7 heteroatoms. The number of benzene rings is 1. The highest BCUT2D eigenvalue weighted by molar-refractivity contribution is 6.42. The Labute approximate surface area is 137 Å². The van der Waals surface area contributed by atoms with Gasteiger partial charge in [-0.25, -0.2) is 4.98 Å². The number of hydrogen-bond donors (Lipinski definition) is 2. The van der Waals surface area contributed by atoms with Gasteiger partial charge in [0.2, 0.25) is 0 Å². The number of halogens is 3. The topological polar surface area (TPSA) is 68.0 Å². The summed E-state index contributed by atoms with van der Waals surface area (Å²) < 4.78 is 0. The number of aromatic nitrogens is 1. The van der Waals surface area contributed by atoms with Crippen LogP contribution in [0.2, 0.25) is 15.1 Å². The minimum atomic E-state index is -0.370. The summed E-state index contributed by atoms with van der Waals surface area (Å²) in [4.78, 5) is 16.4. The summed E-state index contributed by atoms with van der Waals surface area (Å²) in [7, 11) is 0. The van der Waals surface area contributed by atoms with Crippen molar-refractivity contribution in [3.8, 4) is 0 Å². The lowest BCUT2D eigenvalue weighted by Gasteiger charge is -2.11. The Kier molecular flexibility index (Phi) is 4.93. The Hall–Kier alpha value is -1.49. The number of hydrogen-bond acceptors (Lipinski definition) is 3. The normalized spacial score (nSPS) is 10.5. The largest absolute Gasteiger partial charge is 0.384 e. The van der Waals surface area contributed by atoms with E-state index in [1.165, 1.54) is 18.2 Å². The van der Waals surface area contributed by atoms with E-state index in [0.717, 1.165) is 5.69 Å². The van der Waals surface area contributed by atoms with Gasteiger partial charge in [-0.1, -0.05) is 41.7 Å². The highest BCUT2D eigenvalue weighted by atomic mass is 35.5. The molecule has 0 saturated carbocycles. The molecule has 0 aliphatic heterocycles. The Bertz CT molecular complexity index is 681. The zero-order chi connectivity index (χ0) is 15.6. The van der Waals surface area contributed by atoms with E-state index in [1.807, 2.05) is 6.92 Å². The van der Waals surface area contributed by atoms with Crippen molar-refractivity contribution in [2.45, 2.75) is 13.3 Å². The number of rotatable bonds is 3. The molecule has 4 nitrogen and oxygen atoms in total. The molecule has 21 heavy (non-hydrogen) atoms. The molecule has 0 spiro atoms. The standard InChI is InChI=1S/C14H12Cl3N3O/c1-2-9-3-7(4-12(18)19-9)14(21)20-13-10(16)5-8(15)6-11(13)17/h3-6H,2H2,1H3,(H2,18,19)(H,20,21). The van der Waals surface area contributed by atoms with Crippen molar-refractivity contribution in [1.82, 2.24) is 4.98 Å². The number of anilines is 2. The second-order valence-electron chi connectivity index (χ2n) is 4.32. The first kappa shape index (κ1) is 15.9. The van der Waals surface area contributed by atoms with E-state index in [2.05, 4.69) is 10.3 Å². The van der Waals surface area contributed by atoms with Crippen LogP contribution in [-0.4, -0.2) is 10.9 Å². The molecule has 0 bridgehead atoms. The SMILES string of the molecule is CCc1cc(C(=O)Nc2c(Cl)cc(Cl)cc2Cl)cc(N)n1. The van der Waals surface area contributed by atoms with E-state index in [1.54, 1.807) is 6.07 Å². The maximum Gasteiger partial charge on any atom is 0.255 e. The average Bonchev–Trinajstić information content (AvgIpc) is 2.41. The fraction of sp³-hybridized carbons (Fsp3) is 0.143. The van der Waals surface area contributed by atoms with E-state index in [9.17, 15) is 4.79 Å². The van der Waals surface area contributed by atoms with Gasteiger partial charge < -0.3 is 11.1 Å². The van der Waals surface area contributed by atoms with E-state index in [-0.39, 0.29) is 21.8 Å². The fourth-order valence-electron chi connectivity index (χ4n) is 1.77. The predicted molar refractivity (Wildman–Crippen MR) is 87.5 cm³/mol. The molecular weight excluding hydrogens is 333 g/mol. The predicted octanol–water partition coefficient (Wildman–Crippen LogP) is 4.44. The van der Waals surface area contributed by atoms with Crippen molar-refractivity contribution < 1.29 is 4.79 Å². The van der Waals surface area contributed by atoms with Crippen LogP contribution in [0.5, 0.6) is 0 Å². The van der Waals surface area contributed by atoms with E-state index in [0.29, 0.717) is 22.7 Å². The molecule has 0 unspecified atom stereocenters. The molecule has 1 aromatic heterocycles. The summed E-state index contributed by atoms with van der Waals surface area (Å²) in [6, 6.07) is 6.17. The molecule has 0 aliphatic rings. The zero-order valence-electron chi connectivity index (χ0n) is 11.1. The first-order chi connectivity index (χ1) is 9.90. The van der Waals surface area contributed by atoms with Gasteiger partial charge in [0, 0.05) is 16.3 Å². The van der Waals surface area contributed by atoms with Gasteiger partial charge >= 0.3 is 0 Å². The van der Waals surface area contributed by atoms with Gasteiger partial charge in [-0.15, -0.1) is 0 Å². The van der Waals surface area contributed by atoms with Gasteiger partial charge in [0.1, 0.15) is 5.82 Å². The molecule has 1 amide bonds. The maximum atomic E-state index is 12.3. The third kappa shape index (κ3) is 3.79. The average molecular weight is 345 g/mol. The summed E-state index contributed by atoms with van der Waals surface area (Å²) in [5.74, 6) is -0.0854. The summed E-state index contributed by atoms with van der Waals surface area (Å²) in [6.07, 6.45) is 0.674. The molecule has 1 aromatic carbocycles. The number of aryl methyl sites for hydroxylation is 1. The van der Waals surface area contributed by atoms with Gasteiger partial charge in [0.15, 0.2) is 0 Å². The summed E-state index contributed by atoms with van der Waals surface area (Å²) in [6.45, 7) is 1.93. The van der Waals surface area contributed by atoms with Crippen LogP contribution in [0.25, 0.3) is 0 Å². The molecule has 3 N–H and O–H groups in total. The smallest absolute Gasteiger partial charge is 0.255 e. The summed E-state index contributed by atoms with van der Waals surface area (Å²) >= 11 is 17.9. The van der Waals surface area contributed by atoms with E-state index in [4.69, 9.17) is 40.5 Å². The van der Waals surface area contributed by atoms with Crippen LogP contribution >= 0.6 is 34.8 Å². The van der Waals surface area contributed by atoms with Gasteiger partial charge in [-0.05, 0) is 30.7 Å². The number of nitrogens with zero attached hydrogens (tertiary/aromatic N) is 1. The molecule has 0 fully saturated rings. The third-order valence-electron chi connectivity index (χ3n) is 2.77. The van der Waals surface area contributed by atoms with Gasteiger partial charge in [0.25, 0.3) is 5.91 Å². The van der Waals surface area contributed by atoms with Gasteiger partial charge in [-0.2, -0.15) is 0 Å². The minimum absolute atomic E-state index is 0.263. The minimum Gasteiger partial charge on any atom is -0.384 e. The first-order valence-electron chi connectivity index (χ1n) is 6.13. The van der Waals surface area contributed by atoms with E-state index >= 15 is 0 Å². The van der Waals surface area contributed by atoms with Crippen LogP contribution in [0.3, 0.4) is 0 Å². The quantitative estimate of drug-likeness (QED) is 0.865. The van der Waals surface area contributed by atoms with Crippen LogP contribution in [0.1, 0.15) is 23.0 Å². The number of pyridine rings is 1. The van der Waals surface area contributed by atoms with Crippen molar-refractivity contribution in [3.63, 3.8) is 0 Å². The Morgan fingerprint density at radius 1 is 1.19 bits per heavy atom. The molecule has 0 aliphatic carbocycles. The lowest BCUT2D eigenvalue weighted by Crippen LogP contribution is -2.14. The third-order valence-corrected chi connectivity index (χ3v) is 3.58. The molecule has 2 aromatic rings. The number of carbonyl (C=O) groups excluding carboxylic acids is 1. The van der Waals surface area contributed by atoms with Crippen molar-refractivity contribution in [1.29, 1.82) is 0 Å². The number of amides is 1. The lowest BCUT2D eigenvalue weighted by atomic mass is 10.1. The zero-order valence-corrected chi connectivity index (χ0v) is 13.4. The maximum absolute atomic E-state index is 12.3. The Balaban J connectivity index is 2.32. The van der Waals surface area contributed by atoms with Crippen LogP contribution < -0.4 is 11.1 Å². The van der Waals surface area contributed by atoms with Crippen LogP contribution in [0.4, 0.5) is 11.5 Å². The summed E-state index contributed by atoms with van der Waals surface area (Å²) in [5, 5.41) is 3.57. The first-order valence-corrected chi connectivity index (χ1v) is 7.26. The van der Waals surface area contributed by atoms with Crippen molar-refractivity contribution >= 4 is 52.2 Å². The van der Waals surface area contributed by atoms with Crippen LogP contribution in [-0.2, 0) is 6.42 Å². The second-order valence-corrected chi connectivity index (χ2v) is 5.57. The molecule has 1 heterocycles. The Morgan fingerprint density at radius 2 is 1.81 bits per heavy atom. The monoisotopic (exact) mass is 343 g/mol. The molecule has 2 rings (SSSR count). The number of nitrogens with two attached hydrogens (primary N) is 1. The molecule has 0 saturated heterocycles. The number of nitrogens with one attached hydrogen (secondary N) is 1. The van der Waals surface area contributed by atoms with Gasteiger partial charge in [0.05, 0.1) is 15.7 Å². The summed E-state index contributed by atoms with van der Waals surface area (Å²) in [5.41, 5.74) is 7.11. The highest BCUT2D eigenvalue weighted by Crippen LogP contribution is 2.34. The molecule has 110 valence electrons. The highest BCUT2D eigenvalue weighted by Gasteiger charge is 2.14. The van der Waals surface area contributed by atoms with Crippen LogP contribution in [0, 0.1) is 0 Å². The van der Waals surface area contributed by atoms with Crippen molar-refractivity contribution in [2.75, 3.05) is 11.1 Å². The van der Waals surface area contributed by atoms with E-state index < -0.39 is 0 Å². The Morgan fingerprint density at radius 3 is 2.38 bits per heavy atom. The van der Waals surface area contributed by atoms with Crippen molar-refractivity contribution in [3.05, 3.63) is 50.6 Å². The lowest BCUT2D eigenvalue weighted by molar-refractivity contribution is 0.102. The van der Waals surface area contributed by atoms with Gasteiger partial charge in [-0.3, -0.25) is 4.79 Å². The second kappa shape index (κ2) is 6.52. The molecular formula is C14H12Cl3N3O.